The van der Waals surface area contributed by atoms with Crippen LogP contribution in [0.15, 0.2) is 41.1 Å². The van der Waals surface area contributed by atoms with Crippen molar-refractivity contribution < 1.29 is 4.74 Å². The highest BCUT2D eigenvalue weighted by Crippen LogP contribution is 2.22. The highest BCUT2D eigenvalue weighted by Gasteiger charge is 2.00. The standard InChI is InChI=1S/C12H12BrN3O/c1-2-14-11-7-12(16-8-15-11)17-10-5-3-9(13)4-6-10/h3-8H,2H2,1H3,(H,14,15,16). The molecule has 0 saturated carbocycles. The van der Waals surface area contributed by atoms with Crippen LogP contribution in [0.25, 0.3) is 0 Å². The molecular formula is C12H12BrN3O. The Bertz CT molecular complexity index is 487. The average molecular weight is 294 g/mol. The van der Waals surface area contributed by atoms with Gasteiger partial charge in [0.2, 0.25) is 5.88 Å². The Hall–Kier alpha value is -1.62. The first-order valence-corrected chi connectivity index (χ1v) is 6.06. The third-order valence-electron chi connectivity index (χ3n) is 2.04. The summed E-state index contributed by atoms with van der Waals surface area (Å²) in [6.45, 7) is 2.83. The van der Waals surface area contributed by atoms with E-state index in [-0.39, 0.29) is 0 Å². The van der Waals surface area contributed by atoms with Crippen molar-refractivity contribution in [1.29, 1.82) is 0 Å². The molecule has 4 nitrogen and oxygen atoms in total. The van der Waals surface area contributed by atoms with E-state index in [2.05, 4.69) is 31.2 Å². The van der Waals surface area contributed by atoms with E-state index in [0.717, 1.165) is 22.6 Å². The molecule has 5 heteroatoms. The summed E-state index contributed by atoms with van der Waals surface area (Å²) in [7, 11) is 0. The Labute approximate surface area is 108 Å². The van der Waals surface area contributed by atoms with Crippen molar-refractivity contribution >= 4 is 21.7 Å². The Morgan fingerprint density at radius 2 is 2.00 bits per heavy atom. The van der Waals surface area contributed by atoms with E-state index in [9.17, 15) is 0 Å². The number of nitrogens with zero attached hydrogens (tertiary/aromatic N) is 2. The van der Waals surface area contributed by atoms with Gasteiger partial charge in [0.1, 0.15) is 17.9 Å². The van der Waals surface area contributed by atoms with Crippen molar-refractivity contribution in [3.8, 4) is 11.6 Å². The minimum Gasteiger partial charge on any atom is -0.439 e. The Morgan fingerprint density at radius 1 is 1.24 bits per heavy atom. The van der Waals surface area contributed by atoms with E-state index in [4.69, 9.17) is 4.74 Å². The van der Waals surface area contributed by atoms with E-state index in [1.165, 1.54) is 6.33 Å². The molecule has 0 atom stereocenters. The summed E-state index contributed by atoms with van der Waals surface area (Å²) in [6.07, 6.45) is 1.48. The summed E-state index contributed by atoms with van der Waals surface area (Å²) < 4.78 is 6.62. The van der Waals surface area contributed by atoms with Crippen LogP contribution < -0.4 is 10.1 Å². The van der Waals surface area contributed by atoms with Crippen molar-refractivity contribution in [2.75, 3.05) is 11.9 Å². The van der Waals surface area contributed by atoms with E-state index in [1.807, 2.05) is 31.2 Å². The highest BCUT2D eigenvalue weighted by atomic mass is 79.9. The molecule has 0 spiro atoms. The minimum atomic E-state index is 0.526. The zero-order valence-electron chi connectivity index (χ0n) is 9.35. The Balaban J connectivity index is 2.12. The number of aromatic nitrogens is 2. The van der Waals surface area contributed by atoms with Crippen LogP contribution in [-0.4, -0.2) is 16.5 Å². The topological polar surface area (TPSA) is 47.0 Å². The summed E-state index contributed by atoms with van der Waals surface area (Å²) in [5, 5.41) is 3.10. The molecule has 0 bridgehead atoms. The zero-order valence-corrected chi connectivity index (χ0v) is 10.9. The largest absolute Gasteiger partial charge is 0.439 e. The van der Waals surface area contributed by atoms with Crippen molar-refractivity contribution in [1.82, 2.24) is 9.97 Å². The van der Waals surface area contributed by atoms with Crippen molar-refractivity contribution in [3.05, 3.63) is 41.1 Å². The minimum absolute atomic E-state index is 0.526. The maximum absolute atomic E-state index is 5.61. The third kappa shape index (κ3) is 3.42. The summed E-state index contributed by atoms with van der Waals surface area (Å²) in [5.41, 5.74) is 0. The number of hydrogen-bond acceptors (Lipinski definition) is 4. The molecular weight excluding hydrogens is 282 g/mol. The van der Waals surface area contributed by atoms with Crippen LogP contribution in [0.5, 0.6) is 11.6 Å². The van der Waals surface area contributed by atoms with Crippen LogP contribution >= 0.6 is 15.9 Å². The SMILES string of the molecule is CCNc1cc(Oc2ccc(Br)cc2)ncn1. The number of benzene rings is 1. The predicted octanol–water partition coefficient (Wildman–Crippen LogP) is 3.46. The lowest BCUT2D eigenvalue weighted by molar-refractivity contribution is 0.462. The molecule has 1 aromatic heterocycles. The van der Waals surface area contributed by atoms with Gasteiger partial charge in [-0.1, -0.05) is 15.9 Å². The molecule has 0 aliphatic heterocycles. The Kier molecular flexibility index (Phi) is 3.93. The first kappa shape index (κ1) is 11.9. The van der Waals surface area contributed by atoms with Gasteiger partial charge in [0.25, 0.3) is 0 Å². The maximum atomic E-state index is 5.61. The van der Waals surface area contributed by atoms with Crippen LogP contribution in [0.4, 0.5) is 5.82 Å². The molecule has 0 saturated heterocycles. The molecule has 2 aromatic rings. The molecule has 2 rings (SSSR count). The summed E-state index contributed by atoms with van der Waals surface area (Å²) in [4.78, 5) is 8.13. The summed E-state index contributed by atoms with van der Waals surface area (Å²) >= 11 is 3.37. The van der Waals surface area contributed by atoms with Gasteiger partial charge in [-0.15, -0.1) is 0 Å². The van der Waals surface area contributed by atoms with Crippen molar-refractivity contribution in [3.63, 3.8) is 0 Å². The zero-order chi connectivity index (χ0) is 12.1. The van der Waals surface area contributed by atoms with Crippen LogP contribution in [0.1, 0.15) is 6.92 Å². The summed E-state index contributed by atoms with van der Waals surface area (Å²) in [5.74, 6) is 2.03. The van der Waals surface area contributed by atoms with Crippen molar-refractivity contribution in [2.45, 2.75) is 6.92 Å². The summed E-state index contributed by atoms with van der Waals surface area (Å²) in [6, 6.07) is 9.35. The molecule has 0 unspecified atom stereocenters. The molecule has 0 fully saturated rings. The van der Waals surface area contributed by atoms with Crippen LogP contribution in [0.3, 0.4) is 0 Å². The number of halogens is 1. The van der Waals surface area contributed by atoms with Gasteiger partial charge in [0.05, 0.1) is 0 Å². The van der Waals surface area contributed by atoms with Gasteiger partial charge in [-0.2, -0.15) is 0 Å². The van der Waals surface area contributed by atoms with Gasteiger partial charge >= 0.3 is 0 Å². The quantitative estimate of drug-likeness (QED) is 0.938. The molecule has 1 aromatic carbocycles. The monoisotopic (exact) mass is 293 g/mol. The predicted molar refractivity (Wildman–Crippen MR) is 70.4 cm³/mol. The fourth-order valence-corrected chi connectivity index (χ4v) is 1.56. The normalized spacial score (nSPS) is 10.0. The number of ether oxygens (including phenoxy) is 1. The molecule has 0 aliphatic rings. The molecule has 17 heavy (non-hydrogen) atoms. The maximum Gasteiger partial charge on any atom is 0.224 e. The highest BCUT2D eigenvalue weighted by molar-refractivity contribution is 9.10. The molecule has 1 N–H and O–H groups in total. The first-order valence-electron chi connectivity index (χ1n) is 5.27. The lowest BCUT2D eigenvalue weighted by Gasteiger charge is -2.06. The third-order valence-corrected chi connectivity index (χ3v) is 2.56. The average Bonchev–Trinajstić information content (AvgIpc) is 2.33. The van der Waals surface area contributed by atoms with Gasteiger partial charge in [0.15, 0.2) is 0 Å². The fraction of sp³-hybridized carbons (Fsp3) is 0.167. The van der Waals surface area contributed by atoms with E-state index < -0.39 is 0 Å². The lowest BCUT2D eigenvalue weighted by atomic mass is 10.3. The molecule has 1 heterocycles. The van der Waals surface area contributed by atoms with E-state index in [1.54, 1.807) is 6.07 Å². The second kappa shape index (κ2) is 5.63. The first-order chi connectivity index (χ1) is 8.28. The van der Waals surface area contributed by atoms with Crippen LogP contribution in [-0.2, 0) is 0 Å². The molecule has 0 radical (unpaired) electrons. The lowest BCUT2D eigenvalue weighted by Crippen LogP contribution is -2.00. The van der Waals surface area contributed by atoms with E-state index in [0.29, 0.717) is 5.88 Å². The van der Waals surface area contributed by atoms with Crippen LogP contribution in [0, 0.1) is 0 Å². The van der Waals surface area contributed by atoms with Gasteiger partial charge in [-0.3, -0.25) is 0 Å². The molecule has 0 amide bonds. The smallest absolute Gasteiger partial charge is 0.224 e. The molecule has 0 aliphatic carbocycles. The Morgan fingerprint density at radius 3 is 2.71 bits per heavy atom. The van der Waals surface area contributed by atoms with Gasteiger partial charge in [-0.05, 0) is 31.2 Å². The van der Waals surface area contributed by atoms with Gasteiger partial charge in [0, 0.05) is 17.1 Å². The van der Waals surface area contributed by atoms with Crippen molar-refractivity contribution in [2.24, 2.45) is 0 Å². The van der Waals surface area contributed by atoms with Crippen LogP contribution in [0.2, 0.25) is 0 Å². The second-order valence-corrected chi connectivity index (χ2v) is 4.24. The van der Waals surface area contributed by atoms with Gasteiger partial charge < -0.3 is 10.1 Å². The fourth-order valence-electron chi connectivity index (χ4n) is 1.30. The number of hydrogen-bond donors (Lipinski definition) is 1. The number of anilines is 1. The second-order valence-electron chi connectivity index (χ2n) is 3.33. The number of rotatable bonds is 4. The van der Waals surface area contributed by atoms with E-state index >= 15 is 0 Å². The van der Waals surface area contributed by atoms with Gasteiger partial charge in [-0.25, -0.2) is 9.97 Å². The molecule has 88 valence electrons. The number of nitrogens with one attached hydrogen (secondary N) is 1.